The monoisotopic (exact) mass is 289 g/mol. The summed E-state index contributed by atoms with van der Waals surface area (Å²) in [4.78, 5) is 11.3. The van der Waals surface area contributed by atoms with Gasteiger partial charge in [0.25, 0.3) is 0 Å². The molecule has 98 valence electrons. The van der Waals surface area contributed by atoms with E-state index in [9.17, 15) is 4.79 Å². The highest BCUT2D eigenvalue weighted by molar-refractivity contribution is 6.35. The molecule has 1 aliphatic rings. The zero-order valence-corrected chi connectivity index (χ0v) is 11.3. The molecular formula is C12H13Cl2NO3. The van der Waals surface area contributed by atoms with Gasteiger partial charge in [0.05, 0.1) is 12.1 Å². The van der Waals surface area contributed by atoms with Crippen molar-refractivity contribution in [3.05, 3.63) is 28.2 Å². The Bertz CT molecular complexity index is 453. The van der Waals surface area contributed by atoms with Gasteiger partial charge in [-0.3, -0.25) is 4.79 Å². The Morgan fingerprint density at radius 3 is 2.89 bits per heavy atom. The number of rotatable bonds is 3. The molecular weight excluding hydrogens is 277 g/mol. The van der Waals surface area contributed by atoms with E-state index in [0.717, 1.165) is 0 Å². The molecule has 1 fully saturated rings. The van der Waals surface area contributed by atoms with E-state index in [1.165, 1.54) is 7.11 Å². The van der Waals surface area contributed by atoms with E-state index in [1.807, 2.05) is 0 Å². The summed E-state index contributed by atoms with van der Waals surface area (Å²) in [5, 5.41) is 4.06. The standard InChI is InChI=1S/C12H13Cl2NO3/c1-17-12(16)10-5-8(6-15-10)18-11-3-2-7(13)4-9(11)14/h2-4,8,10,15H,5-6H2,1H3/t8?,10-/m0/s1. The lowest BCUT2D eigenvalue weighted by Crippen LogP contribution is -2.31. The molecule has 0 amide bonds. The van der Waals surface area contributed by atoms with Gasteiger partial charge < -0.3 is 14.8 Å². The number of ether oxygens (including phenoxy) is 2. The van der Waals surface area contributed by atoms with Crippen molar-refractivity contribution in [2.45, 2.75) is 18.6 Å². The van der Waals surface area contributed by atoms with Crippen LogP contribution in [-0.4, -0.2) is 31.8 Å². The summed E-state index contributed by atoms with van der Waals surface area (Å²) in [6.45, 7) is 0.582. The molecule has 2 rings (SSSR count). The van der Waals surface area contributed by atoms with Crippen molar-refractivity contribution in [1.29, 1.82) is 0 Å². The van der Waals surface area contributed by atoms with Gasteiger partial charge in [0, 0.05) is 18.0 Å². The number of methoxy groups -OCH3 is 1. The summed E-state index contributed by atoms with van der Waals surface area (Å²) in [6.07, 6.45) is 0.457. The Kier molecular flexibility index (Phi) is 4.32. The minimum Gasteiger partial charge on any atom is -0.487 e. The second-order valence-electron chi connectivity index (χ2n) is 4.03. The molecule has 4 nitrogen and oxygen atoms in total. The number of esters is 1. The number of hydrogen-bond donors (Lipinski definition) is 1. The van der Waals surface area contributed by atoms with Gasteiger partial charge in [-0.15, -0.1) is 0 Å². The van der Waals surface area contributed by atoms with E-state index in [-0.39, 0.29) is 18.1 Å². The fraction of sp³-hybridized carbons (Fsp3) is 0.417. The van der Waals surface area contributed by atoms with Crippen molar-refractivity contribution >= 4 is 29.2 Å². The van der Waals surface area contributed by atoms with E-state index in [1.54, 1.807) is 18.2 Å². The highest BCUT2D eigenvalue weighted by Gasteiger charge is 2.31. The van der Waals surface area contributed by atoms with Crippen LogP contribution in [-0.2, 0) is 9.53 Å². The Balaban J connectivity index is 1.97. The molecule has 6 heteroatoms. The molecule has 0 bridgehead atoms. The van der Waals surface area contributed by atoms with Gasteiger partial charge >= 0.3 is 5.97 Å². The van der Waals surface area contributed by atoms with Crippen molar-refractivity contribution in [3.63, 3.8) is 0 Å². The molecule has 0 aliphatic carbocycles. The van der Waals surface area contributed by atoms with Crippen LogP contribution in [0.15, 0.2) is 18.2 Å². The molecule has 1 unspecified atom stereocenters. The fourth-order valence-corrected chi connectivity index (χ4v) is 2.32. The second kappa shape index (κ2) is 5.78. The third kappa shape index (κ3) is 3.07. The quantitative estimate of drug-likeness (QED) is 0.868. The van der Waals surface area contributed by atoms with E-state index in [2.05, 4.69) is 10.1 Å². The normalized spacial score (nSPS) is 22.8. The van der Waals surface area contributed by atoms with Gasteiger partial charge in [-0.25, -0.2) is 0 Å². The van der Waals surface area contributed by atoms with Crippen LogP contribution >= 0.6 is 23.2 Å². The first-order chi connectivity index (χ1) is 8.60. The predicted octanol–water partition coefficient (Wildman–Crippen LogP) is 2.28. The predicted molar refractivity (Wildman–Crippen MR) is 69.3 cm³/mol. The summed E-state index contributed by atoms with van der Waals surface area (Å²) < 4.78 is 10.4. The van der Waals surface area contributed by atoms with Crippen LogP contribution < -0.4 is 10.1 Å². The topological polar surface area (TPSA) is 47.6 Å². The Morgan fingerprint density at radius 1 is 1.44 bits per heavy atom. The lowest BCUT2D eigenvalue weighted by molar-refractivity contribution is -0.142. The first-order valence-corrected chi connectivity index (χ1v) is 6.28. The zero-order valence-electron chi connectivity index (χ0n) is 9.78. The fourth-order valence-electron chi connectivity index (χ4n) is 1.87. The van der Waals surface area contributed by atoms with Gasteiger partial charge in [-0.1, -0.05) is 23.2 Å². The molecule has 1 aromatic carbocycles. The van der Waals surface area contributed by atoms with Crippen molar-refractivity contribution in [1.82, 2.24) is 5.32 Å². The van der Waals surface area contributed by atoms with Gasteiger partial charge in [-0.05, 0) is 18.2 Å². The summed E-state index contributed by atoms with van der Waals surface area (Å²) in [7, 11) is 1.37. The minimum absolute atomic E-state index is 0.104. The van der Waals surface area contributed by atoms with Crippen LogP contribution in [0.5, 0.6) is 5.75 Å². The molecule has 2 atom stereocenters. The average Bonchev–Trinajstić information content (AvgIpc) is 2.80. The van der Waals surface area contributed by atoms with Crippen LogP contribution in [0.25, 0.3) is 0 Å². The van der Waals surface area contributed by atoms with Crippen LogP contribution in [0.2, 0.25) is 10.0 Å². The van der Waals surface area contributed by atoms with Crippen LogP contribution in [0.3, 0.4) is 0 Å². The van der Waals surface area contributed by atoms with Crippen molar-refractivity contribution in [2.75, 3.05) is 13.7 Å². The van der Waals surface area contributed by atoms with Crippen LogP contribution in [0, 0.1) is 0 Å². The highest BCUT2D eigenvalue weighted by atomic mass is 35.5. The van der Waals surface area contributed by atoms with Crippen LogP contribution in [0.1, 0.15) is 6.42 Å². The maximum absolute atomic E-state index is 11.3. The van der Waals surface area contributed by atoms with Crippen LogP contribution in [0.4, 0.5) is 0 Å². The first-order valence-electron chi connectivity index (χ1n) is 5.53. The third-order valence-electron chi connectivity index (χ3n) is 2.76. The maximum Gasteiger partial charge on any atom is 0.323 e. The summed E-state index contributed by atoms with van der Waals surface area (Å²) in [6, 6.07) is 4.74. The Hall–Kier alpha value is -0.970. The number of nitrogens with one attached hydrogen (secondary N) is 1. The molecule has 0 spiro atoms. The molecule has 0 radical (unpaired) electrons. The average molecular weight is 290 g/mol. The molecule has 1 heterocycles. The van der Waals surface area contributed by atoms with Gasteiger partial charge in [0.15, 0.2) is 0 Å². The van der Waals surface area contributed by atoms with Crippen molar-refractivity contribution in [2.24, 2.45) is 0 Å². The molecule has 1 saturated heterocycles. The number of benzene rings is 1. The molecule has 1 aliphatic heterocycles. The lowest BCUT2D eigenvalue weighted by atomic mass is 10.2. The summed E-state index contributed by atoms with van der Waals surface area (Å²) in [5.41, 5.74) is 0. The number of hydrogen-bond acceptors (Lipinski definition) is 4. The molecule has 1 aromatic rings. The SMILES string of the molecule is COC(=O)[C@@H]1CC(Oc2ccc(Cl)cc2Cl)CN1. The van der Waals surface area contributed by atoms with Crippen molar-refractivity contribution in [3.8, 4) is 5.75 Å². The number of carbonyl (C=O) groups is 1. The molecule has 18 heavy (non-hydrogen) atoms. The van der Waals surface area contributed by atoms with E-state index >= 15 is 0 Å². The minimum atomic E-state index is -0.314. The summed E-state index contributed by atoms with van der Waals surface area (Å²) in [5.74, 6) is 0.293. The van der Waals surface area contributed by atoms with E-state index in [0.29, 0.717) is 28.8 Å². The maximum atomic E-state index is 11.3. The first kappa shape index (κ1) is 13.5. The summed E-state index contributed by atoms with van der Waals surface area (Å²) >= 11 is 11.8. The highest BCUT2D eigenvalue weighted by Crippen LogP contribution is 2.29. The Labute approximate surface area is 115 Å². The van der Waals surface area contributed by atoms with Gasteiger partial charge in [0.2, 0.25) is 0 Å². The van der Waals surface area contributed by atoms with Gasteiger partial charge in [0.1, 0.15) is 17.9 Å². The molecule has 1 N–H and O–H groups in total. The zero-order chi connectivity index (χ0) is 13.1. The van der Waals surface area contributed by atoms with Crippen molar-refractivity contribution < 1.29 is 14.3 Å². The Morgan fingerprint density at radius 2 is 2.22 bits per heavy atom. The van der Waals surface area contributed by atoms with E-state index in [4.69, 9.17) is 27.9 Å². The number of halogens is 2. The second-order valence-corrected chi connectivity index (χ2v) is 4.88. The molecule has 0 aromatic heterocycles. The van der Waals surface area contributed by atoms with E-state index < -0.39 is 0 Å². The van der Waals surface area contributed by atoms with Gasteiger partial charge in [-0.2, -0.15) is 0 Å². The third-order valence-corrected chi connectivity index (χ3v) is 3.29. The number of carbonyl (C=O) groups excluding carboxylic acids is 1. The molecule has 0 saturated carbocycles. The smallest absolute Gasteiger partial charge is 0.323 e. The lowest BCUT2D eigenvalue weighted by Gasteiger charge is -2.14. The largest absolute Gasteiger partial charge is 0.487 e.